The minimum atomic E-state index is 0.124. The number of hydrogen-bond donors (Lipinski definition) is 2. The van der Waals surface area contributed by atoms with Crippen LogP contribution < -0.4 is 5.32 Å². The van der Waals surface area contributed by atoms with Gasteiger partial charge in [0.2, 0.25) is 5.91 Å². The normalized spacial score (nSPS) is 26.8. The summed E-state index contributed by atoms with van der Waals surface area (Å²) < 4.78 is 0. The van der Waals surface area contributed by atoms with E-state index in [-0.39, 0.29) is 5.41 Å². The molecule has 3 rings (SSSR count). The standard InChI is InChI=1S/C17H30N2O2/c20-13-17(8-2-1-3-9-17)12-18-15-6-10-19(11-7-15)16(21)14-4-5-14/h14-15,18,20H,1-13H2. The molecule has 21 heavy (non-hydrogen) atoms. The first-order valence-corrected chi connectivity index (χ1v) is 8.85. The van der Waals surface area contributed by atoms with Crippen molar-refractivity contribution in [1.29, 1.82) is 0 Å². The molecule has 0 atom stereocenters. The van der Waals surface area contributed by atoms with Crippen LogP contribution in [-0.2, 0) is 4.79 Å². The van der Waals surface area contributed by atoms with Crippen molar-refractivity contribution in [2.45, 2.75) is 63.8 Å². The predicted molar refractivity (Wildman–Crippen MR) is 82.9 cm³/mol. The smallest absolute Gasteiger partial charge is 0.225 e. The molecule has 0 bridgehead atoms. The number of rotatable bonds is 5. The van der Waals surface area contributed by atoms with Crippen LogP contribution in [0.3, 0.4) is 0 Å². The molecule has 3 aliphatic rings. The maximum atomic E-state index is 12.0. The first-order chi connectivity index (χ1) is 10.2. The molecule has 4 heteroatoms. The molecular weight excluding hydrogens is 264 g/mol. The van der Waals surface area contributed by atoms with E-state index < -0.39 is 0 Å². The predicted octanol–water partition coefficient (Wildman–Crippen LogP) is 1.92. The van der Waals surface area contributed by atoms with Gasteiger partial charge in [0, 0.05) is 43.6 Å². The summed E-state index contributed by atoms with van der Waals surface area (Å²) in [6.07, 6.45) is 10.5. The summed E-state index contributed by atoms with van der Waals surface area (Å²) in [6.45, 7) is 3.10. The van der Waals surface area contributed by atoms with E-state index in [0.29, 0.717) is 24.5 Å². The molecule has 0 radical (unpaired) electrons. The van der Waals surface area contributed by atoms with Crippen molar-refractivity contribution in [3.8, 4) is 0 Å². The number of amides is 1. The monoisotopic (exact) mass is 294 g/mol. The minimum absolute atomic E-state index is 0.124. The maximum Gasteiger partial charge on any atom is 0.225 e. The highest BCUT2D eigenvalue weighted by atomic mass is 16.3. The van der Waals surface area contributed by atoms with Gasteiger partial charge in [-0.25, -0.2) is 0 Å². The van der Waals surface area contributed by atoms with Crippen molar-refractivity contribution < 1.29 is 9.90 Å². The lowest BCUT2D eigenvalue weighted by Gasteiger charge is -2.39. The van der Waals surface area contributed by atoms with Gasteiger partial charge in [-0.3, -0.25) is 4.79 Å². The molecular formula is C17H30N2O2. The van der Waals surface area contributed by atoms with Crippen LogP contribution in [0.1, 0.15) is 57.8 Å². The topological polar surface area (TPSA) is 52.6 Å². The summed E-state index contributed by atoms with van der Waals surface area (Å²) in [5, 5.41) is 13.5. The van der Waals surface area contributed by atoms with Crippen LogP contribution in [0.25, 0.3) is 0 Å². The van der Waals surface area contributed by atoms with E-state index >= 15 is 0 Å². The molecule has 0 aromatic heterocycles. The number of piperidine rings is 1. The molecule has 2 aliphatic carbocycles. The molecule has 0 unspecified atom stereocenters. The number of nitrogens with one attached hydrogen (secondary N) is 1. The fraction of sp³-hybridized carbons (Fsp3) is 0.941. The lowest BCUT2D eigenvalue weighted by molar-refractivity contribution is -0.133. The Kier molecular flexibility index (Phi) is 4.85. The van der Waals surface area contributed by atoms with Crippen molar-refractivity contribution in [3.63, 3.8) is 0 Å². The van der Waals surface area contributed by atoms with Gasteiger partial charge in [-0.15, -0.1) is 0 Å². The summed E-state index contributed by atoms with van der Waals surface area (Å²) >= 11 is 0. The molecule has 0 aromatic rings. The van der Waals surface area contributed by atoms with Crippen molar-refractivity contribution in [2.75, 3.05) is 26.2 Å². The van der Waals surface area contributed by atoms with E-state index in [1.807, 2.05) is 0 Å². The lowest BCUT2D eigenvalue weighted by Crippen LogP contribution is -2.49. The minimum Gasteiger partial charge on any atom is -0.396 e. The molecule has 0 aromatic carbocycles. The third kappa shape index (κ3) is 3.78. The van der Waals surface area contributed by atoms with Gasteiger partial charge in [-0.05, 0) is 38.5 Å². The summed E-state index contributed by atoms with van der Waals surface area (Å²) in [4.78, 5) is 14.1. The Morgan fingerprint density at radius 1 is 1.10 bits per heavy atom. The van der Waals surface area contributed by atoms with Crippen LogP contribution in [0.15, 0.2) is 0 Å². The van der Waals surface area contributed by atoms with E-state index in [0.717, 1.165) is 58.2 Å². The van der Waals surface area contributed by atoms with Gasteiger partial charge < -0.3 is 15.3 Å². The highest BCUT2D eigenvalue weighted by Gasteiger charge is 2.36. The fourth-order valence-corrected chi connectivity index (χ4v) is 3.95. The van der Waals surface area contributed by atoms with Crippen molar-refractivity contribution in [1.82, 2.24) is 10.2 Å². The third-order valence-corrected chi connectivity index (χ3v) is 5.75. The zero-order chi connectivity index (χ0) is 14.7. The number of nitrogens with zero attached hydrogens (tertiary/aromatic N) is 1. The Bertz CT molecular complexity index is 354. The Balaban J connectivity index is 1.41. The molecule has 2 N–H and O–H groups in total. The van der Waals surface area contributed by atoms with Crippen LogP contribution in [0.2, 0.25) is 0 Å². The van der Waals surface area contributed by atoms with Gasteiger partial charge >= 0.3 is 0 Å². The fourth-order valence-electron chi connectivity index (χ4n) is 3.95. The first kappa shape index (κ1) is 15.3. The summed E-state index contributed by atoms with van der Waals surface area (Å²) in [6, 6.07) is 0.526. The summed E-state index contributed by atoms with van der Waals surface area (Å²) in [5.74, 6) is 0.752. The number of carbonyl (C=O) groups excluding carboxylic acids is 1. The Labute approximate surface area is 128 Å². The van der Waals surface area contributed by atoms with E-state index in [1.54, 1.807) is 0 Å². The number of aliphatic hydroxyl groups excluding tert-OH is 1. The van der Waals surface area contributed by atoms with Crippen LogP contribution in [0.5, 0.6) is 0 Å². The van der Waals surface area contributed by atoms with Crippen LogP contribution in [0.4, 0.5) is 0 Å². The SMILES string of the molecule is O=C(C1CC1)N1CCC(NCC2(CO)CCCCC2)CC1. The van der Waals surface area contributed by atoms with Crippen LogP contribution in [0, 0.1) is 11.3 Å². The lowest BCUT2D eigenvalue weighted by atomic mass is 9.74. The molecule has 4 nitrogen and oxygen atoms in total. The van der Waals surface area contributed by atoms with Gasteiger partial charge in [0.05, 0.1) is 0 Å². The highest BCUT2D eigenvalue weighted by Crippen LogP contribution is 2.35. The van der Waals surface area contributed by atoms with E-state index in [9.17, 15) is 9.90 Å². The average molecular weight is 294 g/mol. The molecule has 0 spiro atoms. The van der Waals surface area contributed by atoms with E-state index in [1.165, 1.54) is 19.3 Å². The first-order valence-electron chi connectivity index (χ1n) is 8.85. The Hall–Kier alpha value is -0.610. The van der Waals surface area contributed by atoms with E-state index in [2.05, 4.69) is 10.2 Å². The van der Waals surface area contributed by atoms with Gasteiger partial charge in [0.1, 0.15) is 0 Å². The van der Waals surface area contributed by atoms with Crippen LogP contribution in [-0.4, -0.2) is 48.2 Å². The quantitative estimate of drug-likeness (QED) is 0.814. The van der Waals surface area contributed by atoms with E-state index in [4.69, 9.17) is 0 Å². The molecule has 1 saturated heterocycles. The van der Waals surface area contributed by atoms with Crippen LogP contribution >= 0.6 is 0 Å². The Morgan fingerprint density at radius 3 is 2.33 bits per heavy atom. The molecule has 3 fully saturated rings. The number of aliphatic hydroxyl groups is 1. The number of hydrogen-bond acceptors (Lipinski definition) is 3. The zero-order valence-electron chi connectivity index (χ0n) is 13.1. The second-order valence-electron chi connectivity index (χ2n) is 7.47. The summed E-state index contributed by atoms with van der Waals surface area (Å²) in [7, 11) is 0. The zero-order valence-corrected chi connectivity index (χ0v) is 13.1. The summed E-state index contributed by atoms with van der Waals surface area (Å²) in [5.41, 5.74) is 0.124. The molecule has 2 saturated carbocycles. The third-order valence-electron chi connectivity index (χ3n) is 5.75. The van der Waals surface area contributed by atoms with Crippen molar-refractivity contribution >= 4 is 5.91 Å². The Morgan fingerprint density at radius 2 is 1.76 bits per heavy atom. The van der Waals surface area contributed by atoms with Gasteiger partial charge in [-0.2, -0.15) is 0 Å². The second-order valence-corrected chi connectivity index (χ2v) is 7.47. The number of carbonyl (C=O) groups is 1. The molecule has 1 heterocycles. The molecule has 1 aliphatic heterocycles. The van der Waals surface area contributed by atoms with Gasteiger partial charge in [0.25, 0.3) is 0 Å². The van der Waals surface area contributed by atoms with Gasteiger partial charge in [0.15, 0.2) is 0 Å². The van der Waals surface area contributed by atoms with Gasteiger partial charge in [-0.1, -0.05) is 19.3 Å². The second kappa shape index (κ2) is 6.66. The van der Waals surface area contributed by atoms with Crippen molar-refractivity contribution in [3.05, 3.63) is 0 Å². The largest absolute Gasteiger partial charge is 0.396 e. The number of likely N-dealkylation sites (tertiary alicyclic amines) is 1. The van der Waals surface area contributed by atoms with Crippen molar-refractivity contribution in [2.24, 2.45) is 11.3 Å². The highest BCUT2D eigenvalue weighted by molar-refractivity contribution is 5.81. The average Bonchev–Trinajstić information content (AvgIpc) is 3.39. The molecule has 120 valence electrons. The maximum absolute atomic E-state index is 12.0. The molecule has 1 amide bonds.